The number of aryl methyl sites for hydroxylation is 1. The number of rotatable bonds is 3. The molecule has 0 fully saturated rings. The Hall–Kier alpha value is -1.24. The molecule has 0 spiro atoms. The van der Waals surface area contributed by atoms with Gasteiger partial charge in [0.2, 0.25) is 0 Å². The molecule has 0 bridgehead atoms. The number of benzene rings is 1. The molecule has 18 heavy (non-hydrogen) atoms. The van der Waals surface area contributed by atoms with Gasteiger partial charge in [0.05, 0.1) is 5.25 Å². The lowest BCUT2D eigenvalue weighted by molar-refractivity contribution is 0.530. The van der Waals surface area contributed by atoms with Crippen LogP contribution in [-0.4, -0.2) is 17.2 Å². The predicted octanol–water partition coefficient (Wildman–Crippen LogP) is 1.74. The van der Waals surface area contributed by atoms with E-state index in [2.05, 4.69) is 0 Å². The van der Waals surface area contributed by atoms with Crippen LogP contribution in [0.2, 0.25) is 0 Å². The summed E-state index contributed by atoms with van der Waals surface area (Å²) < 4.78 is 45.2. The third-order valence-electron chi connectivity index (χ3n) is 2.63. The maximum atomic E-state index is 11.3. The molecule has 0 radical (unpaired) electrons. The van der Waals surface area contributed by atoms with E-state index in [1.807, 2.05) is 6.92 Å². The van der Waals surface area contributed by atoms with Gasteiger partial charge in [-0.05, 0) is 35.2 Å². The van der Waals surface area contributed by atoms with Crippen LogP contribution in [0.15, 0.2) is 46.7 Å². The lowest BCUT2D eigenvalue weighted by Crippen LogP contribution is -2.07. The molecule has 2 rings (SSSR count). The Kier molecular flexibility index (Phi) is 3.52. The van der Waals surface area contributed by atoms with E-state index < -0.39 is 26.2 Å². The van der Waals surface area contributed by atoms with Gasteiger partial charge < -0.3 is 4.55 Å². The SMILES string of the molecule is Cc1ccc(C(C2=CS(=O)(=O)C=C2)S(=O)[O-])cc1. The number of hydrogen-bond donors (Lipinski definition) is 0. The smallest absolute Gasteiger partial charge is 0.193 e. The van der Waals surface area contributed by atoms with E-state index in [0.29, 0.717) is 5.56 Å². The summed E-state index contributed by atoms with van der Waals surface area (Å²) in [7, 11) is -3.41. The third-order valence-corrected chi connectivity index (χ3v) is 4.67. The van der Waals surface area contributed by atoms with E-state index in [4.69, 9.17) is 0 Å². The second kappa shape index (κ2) is 4.79. The molecule has 1 aliphatic heterocycles. The molecule has 0 aliphatic carbocycles. The summed E-state index contributed by atoms with van der Waals surface area (Å²) in [6, 6.07) is 6.97. The van der Waals surface area contributed by atoms with Crippen molar-refractivity contribution in [2.24, 2.45) is 0 Å². The second-order valence-corrected chi connectivity index (χ2v) is 6.74. The van der Waals surface area contributed by atoms with Gasteiger partial charge in [-0.25, -0.2) is 8.42 Å². The standard InChI is InChI=1S/C12H12O4S2/c1-9-2-4-10(5-3-9)12(17(13)14)11-6-7-18(15,16)8-11/h2-8,12H,1H3,(H,13,14)/p-1. The maximum Gasteiger partial charge on any atom is 0.193 e. The van der Waals surface area contributed by atoms with Gasteiger partial charge in [-0.2, -0.15) is 0 Å². The number of hydrogen-bond acceptors (Lipinski definition) is 4. The largest absolute Gasteiger partial charge is 0.772 e. The van der Waals surface area contributed by atoms with E-state index in [0.717, 1.165) is 16.4 Å². The molecule has 6 heteroatoms. The van der Waals surface area contributed by atoms with E-state index in [9.17, 15) is 17.2 Å². The quantitative estimate of drug-likeness (QED) is 0.792. The molecule has 1 aromatic carbocycles. The van der Waals surface area contributed by atoms with Crippen molar-refractivity contribution in [2.45, 2.75) is 12.2 Å². The van der Waals surface area contributed by atoms with Gasteiger partial charge in [-0.1, -0.05) is 29.8 Å². The average Bonchev–Trinajstić information content (AvgIpc) is 2.61. The first kappa shape index (κ1) is 13.2. The van der Waals surface area contributed by atoms with Crippen molar-refractivity contribution < 1.29 is 17.2 Å². The third kappa shape index (κ3) is 2.77. The van der Waals surface area contributed by atoms with E-state index >= 15 is 0 Å². The fourth-order valence-electron chi connectivity index (χ4n) is 1.75. The number of sulfone groups is 1. The Labute approximate surface area is 108 Å². The molecular formula is C12H11O4S2-. The Morgan fingerprint density at radius 2 is 1.83 bits per heavy atom. The van der Waals surface area contributed by atoms with Crippen LogP contribution in [0.25, 0.3) is 0 Å². The minimum absolute atomic E-state index is 0.271. The van der Waals surface area contributed by atoms with Crippen LogP contribution < -0.4 is 0 Å². The maximum absolute atomic E-state index is 11.3. The van der Waals surface area contributed by atoms with Crippen LogP contribution in [0, 0.1) is 6.92 Å². The van der Waals surface area contributed by atoms with Gasteiger partial charge in [0.25, 0.3) is 0 Å². The molecule has 0 N–H and O–H groups in total. The van der Waals surface area contributed by atoms with Crippen LogP contribution in [-0.2, 0) is 20.9 Å². The summed E-state index contributed by atoms with van der Waals surface area (Å²) in [5.41, 5.74) is 1.84. The summed E-state index contributed by atoms with van der Waals surface area (Å²) in [6.07, 6.45) is 1.33. The average molecular weight is 283 g/mol. The van der Waals surface area contributed by atoms with Crippen LogP contribution in [0.5, 0.6) is 0 Å². The van der Waals surface area contributed by atoms with Crippen molar-refractivity contribution in [2.75, 3.05) is 0 Å². The van der Waals surface area contributed by atoms with Crippen molar-refractivity contribution in [3.63, 3.8) is 0 Å². The topological polar surface area (TPSA) is 74.3 Å². The molecule has 0 saturated heterocycles. The van der Waals surface area contributed by atoms with Gasteiger partial charge in [-0.3, -0.25) is 4.21 Å². The Bertz CT molecular complexity index is 639. The monoisotopic (exact) mass is 283 g/mol. The molecule has 1 aliphatic rings. The molecule has 0 aromatic heterocycles. The van der Waals surface area contributed by atoms with Crippen LogP contribution in [0.1, 0.15) is 16.4 Å². The summed E-state index contributed by atoms with van der Waals surface area (Å²) in [4.78, 5) is 0. The van der Waals surface area contributed by atoms with Crippen LogP contribution >= 0.6 is 0 Å². The molecule has 1 heterocycles. The molecule has 1 aromatic rings. The van der Waals surface area contributed by atoms with Crippen molar-refractivity contribution in [1.29, 1.82) is 0 Å². The zero-order valence-electron chi connectivity index (χ0n) is 9.57. The lowest BCUT2D eigenvalue weighted by atomic mass is 10.0. The molecule has 2 unspecified atom stereocenters. The fraction of sp³-hybridized carbons (Fsp3) is 0.167. The summed E-state index contributed by atoms with van der Waals surface area (Å²) in [5.74, 6) is 0. The van der Waals surface area contributed by atoms with E-state index in [-0.39, 0.29) is 5.57 Å². The summed E-state index contributed by atoms with van der Waals surface area (Å²) >= 11 is -2.42. The van der Waals surface area contributed by atoms with Crippen molar-refractivity contribution in [3.8, 4) is 0 Å². The zero-order chi connectivity index (χ0) is 13.3. The highest BCUT2D eigenvalue weighted by atomic mass is 32.2. The highest BCUT2D eigenvalue weighted by molar-refractivity contribution is 7.97. The molecule has 2 atom stereocenters. The van der Waals surface area contributed by atoms with Crippen LogP contribution in [0.4, 0.5) is 0 Å². The Morgan fingerprint density at radius 1 is 1.22 bits per heavy atom. The van der Waals surface area contributed by atoms with Gasteiger partial charge in [0.15, 0.2) is 9.84 Å². The van der Waals surface area contributed by atoms with Gasteiger partial charge >= 0.3 is 0 Å². The van der Waals surface area contributed by atoms with Gasteiger partial charge in [0, 0.05) is 10.8 Å². The Balaban J connectivity index is 2.46. The summed E-state index contributed by atoms with van der Waals surface area (Å²) in [6.45, 7) is 1.89. The van der Waals surface area contributed by atoms with Crippen molar-refractivity contribution in [1.82, 2.24) is 0 Å². The predicted molar refractivity (Wildman–Crippen MR) is 69.0 cm³/mol. The molecule has 0 saturated carbocycles. The first-order chi connectivity index (χ1) is 8.39. The normalized spacial score (nSPS) is 20.4. The molecular weight excluding hydrogens is 272 g/mol. The van der Waals surface area contributed by atoms with E-state index in [1.54, 1.807) is 24.3 Å². The first-order valence-electron chi connectivity index (χ1n) is 5.18. The van der Waals surface area contributed by atoms with Gasteiger partial charge in [-0.15, -0.1) is 0 Å². The highest BCUT2D eigenvalue weighted by Gasteiger charge is 2.22. The van der Waals surface area contributed by atoms with Crippen molar-refractivity contribution in [3.05, 3.63) is 57.9 Å². The van der Waals surface area contributed by atoms with Gasteiger partial charge in [0.1, 0.15) is 0 Å². The first-order valence-corrected chi connectivity index (χ1v) is 7.93. The molecule has 96 valence electrons. The number of allylic oxidation sites excluding steroid dienone is 1. The summed E-state index contributed by atoms with van der Waals surface area (Å²) in [5, 5.41) is 1.06. The second-order valence-electron chi connectivity index (χ2n) is 4.06. The van der Waals surface area contributed by atoms with E-state index in [1.165, 1.54) is 6.08 Å². The minimum Gasteiger partial charge on any atom is -0.772 e. The molecule has 4 nitrogen and oxygen atoms in total. The highest BCUT2D eigenvalue weighted by Crippen LogP contribution is 2.32. The molecule has 0 amide bonds. The zero-order valence-corrected chi connectivity index (χ0v) is 11.2. The fourth-order valence-corrected chi connectivity index (χ4v) is 3.60. The van der Waals surface area contributed by atoms with Crippen LogP contribution in [0.3, 0.4) is 0 Å². The minimum atomic E-state index is -3.41. The Morgan fingerprint density at radius 3 is 2.28 bits per heavy atom. The van der Waals surface area contributed by atoms with Crippen molar-refractivity contribution >= 4 is 20.9 Å². The lowest BCUT2D eigenvalue weighted by Gasteiger charge is -2.20.